The van der Waals surface area contributed by atoms with E-state index < -0.39 is 16.0 Å². The van der Waals surface area contributed by atoms with Crippen LogP contribution in [0.2, 0.25) is 0 Å². The highest BCUT2D eigenvalue weighted by molar-refractivity contribution is 7.87. The minimum atomic E-state index is -4.21. The SMILES string of the molecule is C=CCc1cc(C2C3=C(CC(C)(C)CC3=O)N(Cc3ccccc3)C3=C2C(=O)CC(C)(C)C3)cc(OC)c1OS(=O)(=O)c1ccc(C)cc1. The number of allylic oxidation sites excluding steroid dienone is 5. The summed E-state index contributed by atoms with van der Waals surface area (Å²) >= 11 is 0. The number of rotatable bonds is 9. The first-order chi connectivity index (χ1) is 23.1. The number of methoxy groups -OCH3 is 1. The van der Waals surface area contributed by atoms with Crippen LogP contribution in [-0.2, 0) is 32.7 Å². The molecule has 0 spiro atoms. The minimum Gasteiger partial charge on any atom is -0.493 e. The summed E-state index contributed by atoms with van der Waals surface area (Å²) in [5, 5.41) is 0. The van der Waals surface area contributed by atoms with Gasteiger partial charge in [-0.1, -0.05) is 87.9 Å². The normalized spacial score (nSPS) is 19.0. The molecule has 0 saturated heterocycles. The van der Waals surface area contributed by atoms with E-state index in [0.717, 1.165) is 22.5 Å². The van der Waals surface area contributed by atoms with Crippen molar-refractivity contribution in [2.75, 3.05) is 7.11 Å². The molecule has 8 heteroatoms. The molecule has 49 heavy (non-hydrogen) atoms. The number of ether oxygens (including phenoxy) is 1. The fourth-order valence-electron chi connectivity index (χ4n) is 7.60. The van der Waals surface area contributed by atoms with Gasteiger partial charge in [0.25, 0.3) is 0 Å². The first-order valence-corrected chi connectivity index (χ1v) is 18.2. The van der Waals surface area contributed by atoms with Gasteiger partial charge in [-0.25, -0.2) is 0 Å². The lowest BCUT2D eigenvalue weighted by molar-refractivity contribution is -0.119. The zero-order chi connectivity index (χ0) is 35.3. The van der Waals surface area contributed by atoms with Crippen LogP contribution in [0.1, 0.15) is 81.5 Å². The fraction of sp³-hybridized carbons (Fsp3) is 0.366. The van der Waals surface area contributed by atoms with Crippen molar-refractivity contribution in [3.63, 3.8) is 0 Å². The Bertz CT molecular complexity index is 1950. The number of carbonyl (C=O) groups excluding carboxylic acids is 2. The third kappa shape index (κ3) is 6.76. The summed E-state index contributed by atoms with van der Waals surface area (Å²) in [6.45, 7) is 14.8. The highest BCUT2D eigenvalue weighted by Crippen LogP contribution is 2.55. The monoisotopic (exact) mass is 679 g/mol. The Labute approximate surface area is 290 Å². The van der Waals surface area contributed by atoms with Crippen molar-refractivity contribution in [2.24, 2.45) is 10.8 Å². The predicted molar refractivity (Wildman–Crippen MR) is 191 cm³/mol. The molecular formula is C41H45NO6S. The molecule has 3 aliphatic rings. The molecular weight excluding hydrogens is 635 g/mol. The van der Waals surface area contributed by atoms with Gasteiger partial charge in [0.1, 0.15) is 4.90 Å². The van der Waals surface area contributed by atoms with E-state index in [-0.39, 0.29) is 45.2 Å². The molecule has 2 aliphatic carbocycles. The average molecular weight is 680 g/mol. The molecule has 0 amide bonds. The van der Waals surface area contributed by atoms with Crippen LogP contribution in [0.5, 0.6) is 11.5 Å². The van der Waals surface area contributed by atoms with Gasteiger partial charge in [0.15, 0.2) is 23.1 Å². The predicted octanol–water partition coefficient (Wildman–Crippen LogP) is 8.39. The molecule has 0 bridgehead atoms. The van der Waals surface area contributed by atoms with Crippen LogP contribution in [0.3, 0.4) is 0 Å². The van der Waals surface area contributed by atoms with Crippen molar-refractivity contribution in [1.29, 1.82) is 0 Å². The highest BCUT2D eigenvalue weighted by Gasteiger charge is 2.49. The molecule has 0 unspecified atom stereocenters. The summed E-state index contributed by atoms with van der Waals surface area (Å²) < 4.78 is 38.6. The van der Waals surface area contributed by atoms with Gasteiger partial charge in [-0.2, -0.15) is 8.42 Å². The van der Waals surface area contributed by atoms with Crippen LogP contribution in [0.15, 0.2) is 107 Å². The van der Waals surface area contributed by atoms with Gasteiger partial charge >= 0.3 is 10.1 Å². The van der Waals surface area contributed by atoms with Gasteiger partial charge in [-0.3, -0.25) is 9.59 Å². The fourth-order valence-corrected chi connectivity index (χ4v) is 8.58. The molecule has 1 heterocycles. The van der Waals surface area contributed by atoms with E-state index in [2.05, 4.69) is 51.3 Å². The topological polar surface area (TPSA) is 90.0 Å². The lowest BCUT2D eigenvalue weighted by Crippen LogP contribution is -2.44. The maximum atomic E-state index is 14.4. The molecule has 0 N–H and O–H groups in total. The number of ketones is 2. The number of Topliss-reactive ketones (excluding diaryl/α,β-unsaturated/α-hetero) is 2. The maximum Gasteiger partial charge on any atom is 0.339 e. The van der Waals surface area contributed by atoms with E-state index in [9.17, 15) is 18.0 Å². The van der Waals surface area contributed by atoms with Crippen molar-refractivity contribution in [3.05, 3.63) is 124 Å². The number of hydrogen-bond acceptors (Lipinski definition) is 7. The van der Waals surface area contributed by atoms with Crippen LogP contribution in [0, 0.1) is 17.8 Å². The summed E-state index contributed by atoms with van der Waals surface area (Å²) in [4.78, 5) is 31.0. The summed E-state index contributed by atoms with van der Waals surface area (Å²) in [5.74, 6) is -0.337. The van der Waals surface area contributed by atoms with Gasteiger partial charge in [0.2, 0.25) is 0 Å². The van der Waals surface area contributed by atoms with E-state index in [1.165, 1.54) is 19.2 Å². The third-order valence-electron chi connectivity index (χ3n) is 9.78. The number of nitrogens with zero attached hydrogens (tertiary/aromatic N) is 1. The lowest BCUT2D eigenvalue weighted by Gasteiger charge is -2.49. The molecule has 0 radical (unpaired) electrons. The number of carbonyl (C=O) groups is 2. The van der Waals surface area contributed by atoms with Gasteiger partial charge in [0.05, 0.1) is 7.11 Å². The smallest absolute Gasteiger partial charge is 0.339 e. The quantitative estimate of drug-likeness (QED) is 0.166. The molecule has 0 atom stereocenters. The second kappa shape index (κ2) is 12.8. The third-order valence-corrected chi connectivity index (χ3v) is 11.0. The van der Waals surface area contributed by atoms with Crippen LogP contribution >= 0.6 is 0 Å². The van der Waals surface area contributed by atoms with Gasteiger partial charge in [-0.15, -0.1) is 6.58 Å². The Hall–Kier alpha value is -4.43. The highest BCUT2D eigenvalue weighted by atomic mass is 32.2. The van der Waals surface area contributed by atoms with Gasteiger partial charge in [-0.05, 0) is 66.3 Å². The van der Waals surface area contributed by atoms with Crippen LogP contribution in [0.25, 0.3) is 0 Å². The largest absolute Gasteiger partial charge is 0.493 e. The zero-order valence-corrected chi connectivity index (χ0v) is 30.1. The van der Waals surface area contributed by atoms with Crippen LogP contribution < -0.4 is 8.92 Å². The first-order valence-electron chi connectivity index (χ1n) is 16.8. The van der Waals surface area contributed by atoms with Gasteiger partial charge < -0.3 is 13.8 Å². The van der Waals surface area contributed by atoms with Crippen LogP contribution in [0.4, 0.5) is 0 Å². The Morgan fingerprint density at radius 2 is 1.43 bits per heavy atom. The first kappa shape index (κ1) is 34.4. The Balaban J connectivity index is 1.57. The van der Waals surface area contributed by atoms with Crippen molar-refractivity contribution in [3.8, 4) is 11.5 Å². The molecule has 0 saturated carbocycles. The molecule has 0 fully saturated rings. The summed E-state index contributed by atoms with van der Waals surface area (Å²) in [6.07, 6.45) is 4.01. The summed E-state index contributed by atoms with van der Waals surface area (Å²) in [7, 11) is -2.75. The molecule has 3 aromatic carbocycles. The van der Waals surface area contributed by atoms with Crippen molar-refractivity contribution >= 4 is 21.7 Å². The van der Waals surface area contributed by atoms with E-state index in [0.29, 0.717) is 54.5 Å². The van der Waals surface area contributed by atoms with E-state index in [1.807, 2.05) is 31.2 Å². The Morgan fingerprint density at radius 1 is 0.857 bits per heavy atom. The van der Waals surface area contributed by atoms with Crippen molar-refractivity contribution < 1.29 is 26.9 Å². The second-order valence-electron chi connectivity index (χ2n) is 15.2. The number of aryl methyl sites for hydroxylation is 1. The minimum absolute atomic E-state index is 0.0185. The summed E-state index contributed by atoms with van der Waals surface area (Å²) in [6, 6.07) is 20.2. The molecule has 3 aromatic rings. The van der Waals surface area contributed by atoms with E-state index in [4.69, 9.17) is 8.92 Å². The Morgan fingerprint density at radius 3 is 1.96 bits per heavy atom. The molecule has 256 valence electrons. The average Bonchev–Trinajstić information content (AvgIpc) is 3.02. The van der Waals surface area contributed by atoms with E-state index >= 15 is 0 Å². The van der Waals surface area contributed by atoms with Crippen LogP contribution in [-0.4, -0.2) is 32.0 Å². The molecule has 6 rings (SSSR count). The standard InChI is InChI=1S/C41H45NO6S/c1-8-12-28-19-29(20-35(47-7)39(28)48-49(45,46)30-17-15-26(2)16-18-30)36-37-31(21-40(3,4)23-33(37)43)42(25-27-13-10-9-11-14-27)32-22-41(5,6)24-34(44)38(32)36/h8-11,13-20,36H,1,12,21-25H2,2-7H3. The lowest BCUT2D eigenvalue weighted by atomic mass is 9.63. The molecule has 0 aromatic heterocycles. The van der Waals surface area contributed by atoms with Gasteiger partial charge in [0, 0.05) is 53.4 Å². The zero-order valence-electron chi connectivity index (χ0n) is 29.3. The second-order valence-corrected chi connectivity index (χ2v) is 16.7. The van der Waals surface area contributed by atoms with Crippen molar-refractivity contribution in [1.82, 2.24) is 4.90 Å². The van der Waals surface area contributed by atoms with Crippen molar-refractivity contribution in [2.45, 2.75) is 84.1 Å². The number of benzene rings is 3. The summed E-state index contributed by atoms with van der Waals surface area (Å²) in [5.41, 5.74) is 5.87. The van der Waals surface area contributed by atoms with E-state index in [1.54, 1.807) is 24.3 Å². The maximum absolute atomic E-state index is 14.4. The molecule has 7 nitrogen and oxygen atoms in total. The Kier molecular flexibility index (Phi) is 8.99. The molecule has 1 aliphatic heterocycles. The number of hydrogen-bond donors (Lipinski definition) is 0.